The maximum Gasteiger partial charge on any atom is 0.328 e. The Morgan fingerprint density at radius 2 is 2.07 bits per heavy atom. The molecule has 0 aliphatic carbocycles. The average molecular weight is 371 g/mol. The largest absolute Gasteiger partial charge is 0.453 e. The summed E-state index contributed by atoms with van der Waals surface area (Å²) in [6, 6.07) is 6.83. The molecule has 0 unspecified atom stereocenters. The van der Waals surface area contributed by atoms with E-state index >= 15 is 0 Å². The minimum absolute atomic E-state index is 0.128. The number of H-pyrrole nitrogens is 1. The van der Waals surface area contributed by atoms with E-state index in [2.05, 4.69) is 15.1 Å². The molecule has 2 aromatic heterocycles. The SMILES string of the molecule is Cc1nn(CC(=O)O[C@@H](C)c2nc3ccccc3c(=O)[nH]2)c(C)c1[N+](=O)[O-]. The van der Waals surface area contributed by atoms with Crippen LogP contribution in [0.2, 0.25) is 0 Å². The van der Waals surface area contributed by atoms with Crippen LogP contribution < -0.4 is 5.56 Å². The van der Waals surface area contributed by atoms with Gasteiger partial charge in [0.15, 0.2) is 11.9 Å². The fourth-order valence-electron chi connectivity index (χ4n) is 2.82. The number of carbonyl (C=O) groups is 1. The molecule has 0 aliphatic rings. The van der Waals surface area contributed by atoms with Crippen LogP contribution in [0.3, 0.4) is 0 Å². The summed E-state index contributed by atoms with van der Waals surface area (Å²) < 4.78 is 6.53. The van der Waals surface area contributed by atoms with Gasteiger partial charge in [0.25, 0.3) is 5.56 Å². The highest BCUT2D eigenvalue weighted by Crippen LogP contribution is 2.22. The first-order valence-corrected chi connectivity index (χ1v) is 8.14. The van der Waals surface area contributed by atoms with Gasteiger partial charge in [0.2, 0.25) is 0 Å². The molecule has 0 spiro atoms. The van der Waals surface area contributed by atoms with Crippen molar-refractivity contribution in [3.8, 4) is 0 Å². The molecule has 0 saturated carbocycles. The molecule has 0 bridgehead atoms. The van der Waals surface area contributed by atoms with Crippen LogP contribution in [-0.2, 0) is 16.1 Å². The Morgan fingerprint density at radius 1 is 1.37 bits per heavy atom. The molecule has 27 heavy (non-hydrogen) atoms. The lowest BCUT2D eigenvalue weighted by Crippen LogP contribution is -2.20. The molecule has 3 rings (SSSR count). The zero-order valence-corrected chi connectivity index (χ0v) is 14.9. The van der Waals surface area contributed by atoms with Crippen LogP contribution in [-0.4, -0.2) is 30.6 Å². The number of nitrogens with zero attached hydrogens (tertiary/aromatic N) is 4. The zero-order chi connectivity index (χ0) is 19.7. The van der Waals surface area contributed by atoms with Crippen molar-refractivity contribution in [3.05, 3.63) is 61.9 Å². The van der Waals surface area contributed by atoms with Gasteiger partial charge < -0.3 is 9.72 Å². The summed E-state index contributed by atoms with van der Waals surface area (Å²) in [6.07, 6.45) is -0.804. The van der Waals surface area contributed by atoms with E-state index in [0.717, 1.165) is 0 Å². The number of ether oxygens (including phenoxy) is 1. The Hall–Kier alpha value is -3.56. The fourth-order valence-corrected chi connectivity index (χ4v) is 2.82. The van der Waals surface area contributed by atoms with Gasteiger partial charge in [-0.3, -0.25) is 24.4 Å². The van der Waals surface area contributed by atoms with Gasteiger partial charge in [-0.1, -0.05) is 12.1 Å². The number of para-hydroxylation sites is 1. The third-order valence-corrected chi connectivity index (χ3v) is 4.13. The van der Waals surface area contributed by atoms with Crippen molar-refractivity contribution in [2.24, 2.45) is 0 Å². The summed E-state index contributed by atoms with van der Waals surface area (Å²) in [5.74, 6) is -0.440. The van der Waals surface area contributed by atoms with Gasteiger partial charge in [0, 0.05) is 0 Å². The highest BCUT2D eigenvalue weighted by Gasteiger charge is 2.24. The molecule has 0 saturated heterocycles. The number of carbonyl (C=O) groups excluding carboxylic acids is 1. The second-order valence-corrected chi connectivity index (χ2v) is 6.03. The van der Waals surface area contributed by atoms with Crippen molar-refractivity contribution in [1.29, 1.82) is 0 Å². The van der Waals surface area contributed by atoms with Crippen molar-refractivity contribution in [2.75, 3.05) is 0 Å². The first-order valence-electron chi connectivity index (χ1n) is 8.14. The van der Waals surface area contributed by atoms with Crippen LogP contribution in [0.15, 0.2) is 29.1 Å². The van der Waals surface area contributed by atoms with Crippen molar-refractivity contribution in [1.82, 2.24) is 19.7 Å². The van der Waals surface area contributed by atoms with Gasteiger partial charge in [-0.2, -0.15) is 5.10 Å². The van der Waals surface area contributed by atoms with Crippen LogP contribution in [0.5, 0.6) is 0 Å². The van der Waals surface area contributed by atoms with Crippen LogP contribution in [0.1, 0.15) is 30.2 Å². The highest BCUT2D eigenvalue weighted by atomic mass is 16.6. The summed E-state index contributed by atoms with van der Waals surface area (Å²) >= 11 is 0. The number of rotatable bonds is 5. The Kier molecular flexibility index (Phi) is 4.72. The maximum absolute atomic E-state index is 12.2. The van der Waals surface area contributed by atoms with Gasteiger partial charge in [0.1, 0.15) is 17.9 Å². The van der Waals surface area contributed by atoms with Crippen LogP contribution in [0.25, 0.3) is 10.9 Å². The maximum atomic E-state index is 12.2. The van der Waals surface area contributed by atoms with Gasteiger partial charge >= 0.3 is 11.7 Å². The van der Waals surface area contributed by atoms with Gasteiger partial charge in [-0.15, -0.1) is 0 Å². The number of hydrogen-bond acceptors (Lipinski definition) is 7. The standard InChI is InChI=1S/C17H17N5O5/c1-9-15(22(25)26)10(2)21(20-9)8-14(23)27-11(3)16-18-13-7-5-4-6-12(13)17(24)19-16/h4-7,11H,8H2,1-3H3,(H,18,19,24)/t11-/m0/s1. The minimum Gasteiger partial charge on any atom is -0.453 e. The van der Waals surface area contributed by atoms with E-state index in [0.29, 0.717) is 10.9 Å². The Balaban J connectivity index is 1.78. The van der Waals surface area contributed by atoms with Gasteiger partial charge in [-0.05, 0) is 32.9 Å². The zero-order valence-electron chi connectivity index (χ0n) is 14.9. The molecule has 1 aromatic carbocycles. The predicted octanol–water partition coefficient (Wildman–Crippen LogP) is 1.95. The van der Waals surface area contributed by atoms with E-state index in [-0.39, 0.29) is 35.0 Å². The molecule has 140 valence electrons. The van der Waals surface area contributed by atoms with Crippen LogP contribution in [0, 0.1) is 24.0 Å². The molecule has 10 nitrogen and oxygen atoms in total. The lowest BCUT2D eigenvalue weighted by Gasteiger charge is -2.13. The van der Waals surface area contributed by atoms with Crippen molar-refractivity contribution >= 4 is 22.6 Å². The molecule has 2 heterocycles. The van der Waals surface area contributed by atoms with E-state index in [1.54, 1.807) is 31.2 Å². The van der Waals surface area contributed by atoms with Crippen molar-refractivity contribution in [2.45, 2.75) is 33.4 Å². The molecule has 3 aromatic rings. The Labute approximate surface area is 152 Å². The first kappa shape index (κ1) is 18.2. The quantitative estimate of drug-likeness (QED) is 0.411. The molecule has 0 amide bonds. The monoisotopic (exact) mass is 371 g/mol. The molecular weight excluding hydrogens is 354 g/mol. The summed E-state index contributed by atoms with van der Waals surface area (Å²) in [5, 5.41) is 15.5. The number of aromatic amines is 1. The fraction of sp³-hybridized carbons (Fsp3) is 0.294. The summed E-state index contributed by atoms with van der Waals surface area (Å²) in [6.45, 7) is 4.30. The van der Waals surface area contributed by atoms with Gasteiger partial charge in [0.05, 0.1) is 15.8 Å². The second kappa shape index (κ2) is 6.98. The van der Waals surface area contributed by atoms with E-state index in [1.165, 1.54) is 18.5 Å². The summed E-state index contributed by atoms with van der Waals surface area (Å²) in [4.78, 5) is 41.7. The topological polar surface area (TPSA) is 133 Å². The van der Waals surface area contributed by atoms with Crippen LogP contribution >= 0.6 is 0 Å². The van der Waals surface area contributed by atoms with E-state index < -0.39 is 17.0 Å². The second-order valence-electron chi connectivity index (χ2n) is 6.03. The third kappa shape index (κ3) is 3.54. The molecule has 1 atom stereocenters. The lowest BCUT2D eigenvalue weighted by molar-refractivity contribution is -0.386. The van der Waals surface area contributed by atoms with Crippen molar-refractivity contribution in [3.63, 3.8) is 0 Å². The Morgan fingerprint density at radius 3 is 2.74 bits per heavy atom. The van der Waals surface area contributed by atoms with Crippen molar-refractivity contribution < 1.29 is 14.5 Å². The Bertz CT molecular complexity index is 1100. The van der Waals surface area contributed by atoms with E-state index in [9.17, 15) is 19.7 Å². The normalized spacial score (nSPS) is 12.1. The molecule has 10 heteroatoms. The highest BCUT2D eigenvalue weighted by molar-refractivity contribution is 5.77. The van der Waals surface area contributed by atoms with Gasteiger partial charge in [-0.25, -0.2) is 4.98 Å². The number of benzene rings is 1. The van der Waals surface area contributed by atoms with E-state index in [1.807, 2.05) is 0 Å². The molecule has 0 radical (unpaired) electrons. The number of nitro groups is 1. The first-order chi connectivity index (χ1) is 12.8. The van der Waals surface area contributed by atoms with Crippen LogP contribution in [0.4, 0.5) is 5.69 Å². The molecular formula is C17H17N5O5. The molecule has 0 aliphatic heterocycles. The number of fused-ring (bicyclic) bond motifs is 1. The number of aryl methyl sites for hydroxylation is 1. The number of hydrogen-bond donors (Lipinski definition) is 1. The average Bonchev–Trinajstić information content (AvgIpc) is 2.88. The lowest BCUT2D eigenvalue weighted by atomic mass is 10.2. The molecule has 1 N–H and O–H groups in total. The third-order valence-electron chi connectivity index (χ3n) is 4.13. The molecule has 0 fully saturated rings. The number of nitrogens with one attached hydrogen (secondary N) is 1. The minimum atomic E-state index is -0.804. The smallest absolute Gasteiger partial charge is 0.328 e. The predicted molar refractivity (Wildman–Crippen MR) is 95.2 cm³/mol. The van der Waals surface area contributed by atoms with E-state index in [4.69, 9.17) is 4.74 Å². The number of aromatic nitrogens is 4. The summed E-state index contributed by atoms with van der Waals surface area (Å²) in [5.41, 5.74) is 0.524. The number of esters is 1. The summed E-state index contributed by atoms with van der Waals surface area (Å²) in [7, 11) is 0.